The number of rotatable bonds is 3. The first-order valence-electron chi connectivity index (χ1n) is 6.46. The van der Waals surface area contributed by atoms with Gasteiger partial charge in [-0.05, 0) is 23.1 Å². The molecule has 0 saturated carbocycles. The summed E-state index contributed by atoms with van der Waals surface area (Å²) in [5.41, 5.74) is 1.99. The molecule has 108 valence electrons. The van der Waals surface area contributed by atoms with Crippen molar-refractivity contribution in [3.63, 3.8) is 0 Å². The van der Waals surface area contributed by atoms with Crippen LogP contribution in [0.2, 0.25) is 0 Å². The van der Waals surface area contributed by atoms with E-state index in [9.17, 15) is 10.2 Å². The summed E-state index contributed by atoms with van der Waals surface area (Å²) in [5, 5.41) is 30.8. The molecule has 1 fully saturated rings. The molecular weight excluding hydrogens is 278 g/mol. The Hall–Kier alpha value is -1.18. The summed E-state index contributed by atoms with van der Waals surface area (Å²) >= 11 is 1.62. The fourth-order valence-electron chi connectivity index (χ4n) is 2.57. The second kappa shape index (κ2) is 5.31. The van der Waals surface area contributed by atoms with Crippen molar-refractivity contribution in [3.05, 3.63) is 34.7 Å². The zero-order valence-corrected chi connectivity index (χ0v) is 11.7. The summed E-state index contributed by atoms with van der Waals surface area (Å²) in [4.78, 5) is 3.00. The van der Waals surface area contributed by atoms with Crippen LogP contribution >= 0.6 is 11.3 Å². The summed E-state index contributed by atoms with van der Waals surface area (Å²) in [5.74, 6) is 0. The molecule has 0 spiro atoms. The van der Waals surface area contributed by atoms with Crippen LogP contribution in [0.25, 0.3) is 11.8 Å². The molecule has 0 aliphatic carbocycles. The van der Waals surface area contributed by atoms with Crippen molar-refractivity contribution in [2.45, 2.75) is 24.4 Å². The standard InChI is InChI=1S/C14H17NO4S/c1-8-14-9(3-5-20-14)2-4-15(8)6-10-12(17)13(18)11(7-16)19-10/h2-5,10-13,16-18H,1,6-7H2/t10-,11+,12?,13-/m0/s1. The molecule has 4 atom stereocenters. The maximum absolute atomic E-state index is 9.97. The van der Waals surface area contributed by atoms with Crippen molar-refractivity contribution in [1.29, 1.82) is 0 Å². The van der Waals surface area contributed by atoms with Crippen molar-refractivity contribution < 1.29 is 20.1 Å². The van der Waals surface area contributed by atoms with Crippen LogP contribution in [-0.4, -0.2) is 57.8 Å². The van der Waals surface area contributed by atoms with Crippen LogP contribution in [0.3, 0.4) is 0 Å². The van der Waals surface area contributed by atoms with Crippen LogP contribution in [0.5, 0.6) is 0 Å². The van der Waals surface area contributed by atoms with Crippen molar-refractivity contribution in [1.82, 2.24) is 4.90 Å². The fraction of sp³-hybridized carbons (Fsp3) is 0.429. The largest absolute Gasteiger partial charge is 0.394 e. The van der Waals surface area contributed by atoms with E-state index < -0.39 is 24.4 Å². The van der Waals surface area contributed by atoms with Gasteiger partial charge >= 0.3 is 0 Å². The van der Waals surface area contributed by atoms with Gasteiger partial charge < -0.3 is 25.0 Å². The van der Waals surface area contributed by atoms with E-state index in [2.05, 4.69) is 6.58 Å². The molecule has 3 heterocycles. The third-order valence-electron chi connectivity index (χ3n) is 3.76. The average molecular weight is 295 g/mol. The summed E-state index contributed by atoms with van der Waals surface area (Å²) in [7, 11) is 0. The molecule has 0 radical (unpaired) electrons. The second-order valence-corrected chi connectivity index (χ2v) is 5.91. The molecule has 0 aromatic carbocycles. The number of ether oxygens (including phenoxy) is 1. The molecule has 1 saturated heterocycles. The van der Waals surface area contributed by atoms with E-state index in [0.717, 1.165) is 16.1 Å². The van der Waals surface area contributed by atoms with E-state index in [1.54, 1.807) is 11.3 Å². The maximum Gasteiger partial charge on any atom is 0.111 e. The van der Waals surface area contributed by atoms with Crippen LogP contribution in [0.1, 0.15) is 10.4 Å². The molecule has 20 heavy (non-hydrogen) atoms. The van der Waals surface area contributed by atoms with Gasteiger partial charge in [-0.25, -0.2) is 0 Å². The van der Waals surface area contributed by atoms with Gasteiger partial charge in [-0.2, -0.15) is 0 Å². The molecule has 5 nitrogen and oxygen atoms in total. The Bertz CT molecular complexity index is 541. The van der Waals surface area contributed by atoms with Crippen molar-refractivity contribution in [2.24, 2.45) is 0 Å². The lowest BCUT2D eigenvalue weighted by Crippen LogP contribution is -2.38. The Labute approximate surface area is 121 Å². The van der Waals surface area contributed by atoms with Gasteiger partial charge in [0.1, 0.15) is 24.4 Å². The van der Waals surface area contributed by atoms with Gasteiger partial charge in [-0.15, -0.1) is 11.3 Å². The number of nitrogens with zero attached hydrogens (tertiary/aromatic N) is 1. The lowest BCUT2D eigenvalue weighted by molar-refractivity contribution is -0.0251. The third kappa shape index (κ3) is 2.19. The van der Waals surface area contributed by atoms with E-state index >= 15 is 0 Å². The summed E-state index contributed by atoms with van der Waals surface area (Å²) < 4.78 is 5.49. The average Bonchev–Trinajstić information content (AvgIpc) is 3.02. The van der Waals surface area contributed by atoms with Gasteiger partial charge in [0, 0.05) is 6.20 Å². The molecule has 3 rings (SSSR count). The lowest BCUT2D eigenvalue weighted by Gasteiger charge is -2.29. The number of fused-ring (bicyclic) bond motifs is 1. The highest BCUT2D eigenvalue weighted by atomic mass is 32.1. The van der Waals surface area contributed by atoms with Crippen LogP contribution in [0.15, 0.2) is 24.2 Å². The Morgan fingerprint density at radius 1 is 1.30 bits per heavy atom. The minimum atomic E-state index is -1.05. The Balaban J connectivity index is 1.72. The van der Waals surface area contributed by atoms with Crippen LogP contribution in [-0.2, 0) is 4.74 Å². The number of aliphatic hydroxyl groups excluding tert-OH is 3. The summed E-state index contributed by atoms with van der Waals surface area (Å²) in [6.07, 6.45) is 0.551. The Morgan fingerprint density at radius 2 is 2.05 bits per heavy atom. The third-order valence-corrected chi connectivity index (χ3v) is 4.74. The maximum atomic E-state index is 9.97. The van der Waals surface area contributed by atoms with Crippen LogP contribution in [0.4, 0.5) is 0 Å². The molecule has 0 amide bonds. The van der Waals surface area contributed by atoms with Gasteiger partial charge in [-0.1, -0.05) is 6.58 Å². The molecule has 1 aromatic rings. The first-order chi connectivity index (χ1) is 9.61. The fourth-order valence-corrected chi connectivity index (χ4v) is 3.44. The Kier molecular flexibility index (Phi) is 3.66. The van der Waals surface area contributed by atoms with Gasteiger partial charge in [0.2, 0.25) is 0 Å². The van der Waals surface area contributed by atoms with Crippen LogP contribution < -0.4 is 0 Å². The van der Waals surface area contributed by atoms with E-state index in [1.807, 2.05) is 28.6 Å². The number of aliphatic hydroxyl groups is 3. The van der Waals surface area contributed by atoms with Gasteiger partial charge in [-0.3, -0.25) is 0 Å². The van der Waals surface area contributed by atoms with E-state index in [-0.39, 0.29) is 6.61 Å². The second-order valence-electron chi connectivity index (χ2n) is 5.00. The highest BCUT2D eigenvalue weighted by molar-refractivity contribution is 7.11. The van der Waals surface area contributed by atoms with Crippen molar-refractivity contribution in [3.8, 4) is 0 Å². The smallest absolute Gasteiger partial charge is 0.111 e. The zero-order chi connectivity index (χ0) is 14.3. The normalized spacial score (nSPS) is 32.8. The molecule has 3 N–H and O–H groups in total. The highest BCUT2D eigenvalue weighted by Crippen LogP contribution is 2.33. The molecule has 2 aliphatic heterocycles. The van der Waals surface area contributed by atoms with Gasteiger partial charge in [0.15, 0.2) is 0 Å². The Morgan fingerprint density at radius 3 is 2.75 bits per heavy atom. The molecule has 2 aliphatic rings. The summed E-state index contributed by atoms with van der Waals surface area (Å²) in [6, 6.07) is 2.03. The number of hydrogen-bond donors (Lipinski definition) is 3. The van der Waals surface area contributed by atoms with Crippen LogP contribution in [0, 0.1) is 0 Å². The molecule has 6 heteroatoms. The minimum Gasteiger partial charge on any atom is -0.394 e. The predicted molar refractivity (Wildman–Crippen MR) is 76.9 cm³/mol. The minimum absolute atomic E-state index is 0.305. The monoisotopic (exact) mass is 295 g/mol. The molecule has 0 bridgehead atoms. The van der Waals surface area contributed by atoms with E-state index in [1.165, 1.54) is 0 Å². The zero-order valence-electron chi connectivity index (χ0n) is 10.8. The molecule has 1 aromatic heterocycles. The SMILES string of the molecule is C=C1c2sccc2C=CN1C[C@@H]1O[C@H](CO)[C@H](O)C1O. The lowest BCUT2D eigenvalue weighted by atomic mass is 10.1. The van der Waals surface area contributed by atoms with Crippen molar-refractivity contribution >= 4 is 23.1 Å². The predicted octanol–water partition coefficient (Wildman–Crippen LogP) is 0.487. The quantitative estimate of drug-likeness (QED) is 0.757. The number of thiophene rings is 1. The number of hydrogen-bond acceptors (Lipinski definition) is 6. The molecule has 1 unspecified atom stereocenters. The first kappa shape index (κ1) is 13.8. The topological polar surface area (TPSA) is 73.2 Å². The molecular formula is C14H17NO4S. The summed E-state index contributed by atoms with van der Waals surface area (Å²) in [6.45, 7) is 4.16. The van der Waals surface area contributed by atoms with Crippen molar-refractivity contribution in [2.75, 3.05) is 13.2 Å². The van der Waals surface area contributed by atoms with Gasteiger partial charge in [0.05, 0.1) is 23.7 Å². The van der Waals surface area contributed by atoms with E-state index in [0.29, 0.717) is 6.54 Å². The van der Waals surface area contributed by atoms with Gasteiger partial charge in [0.25, 0.3) is 0 Å². The first-order valence-corrected chi connectivity index (χ1v) is 7.34. The highest BCUT2D eigenvalue weighted by Gasteiger charge is 2.43. The van der Waals surface area contributed by atoms with E-state index in [4.69, 9.17) is 9.84 Å².